The van der Waals surface area contributed by atoms with Crippen molar-refractivity contribution in [3.05, 3.63) is 82.1 Å². The van der Waals surface area contributed by atoms with Crippen LogP contribution >= 0.6 is 15.9 Å². The lowest BCUT2D eigenvalue weighted by Crippen LogP contribution is -2.35. The highest BCUT2D eigenvalue weighted by molar-refractivity contribution is 9.10. The van der Waals surface area contributed by atoms with Crippen LogP contribution in [0, 0.1) is 0 Å². The summed E-state index contributed by atoms with van der Waals surface area (Å²) < 4.78 is 2.85. The van der Waals surface area contributed by atoms with Crippen molar-refractivity contribution >= 4 is 27.4 Å². The highest BCUT2D eigenvalue weighted by Gasteiger charge is 2.35. The van der Waals surface area contributed by atoms with Crippen LogP contribution < -0.4 is 0 Å². The minimum absolute atomic E-state index is 0.0152. The van der Waals surface area contributed by atoms with Crippen LogP contribution in [0.3, 0.4) is 0 Å². The number of carbonyl (C=O) groups is 1. The Labute approximate surface area is 178 Å². The maximum Gasteiger partial charge on any atom is 0.276 e. The van der Waals surface area contributed by atoms with E-state index in [0.717, 1.165) is 35.1 Å². The largest absolute Gasteiger partial charge is 0.333 e. The Balaban J connectivity index is 1.41. The Morgan fingerprint density at radius 1 is 1.03 bits per heavy atom. The molecule has 0 N–H and O–H groups in total. The fourth-order valence-corrected chi connectivity index (χ4v) is 4.12. The van der Waals surface area contributed by atoms with Crippen LogP contribution in [0.5, 0.6) is 0 Å². The molecule has 5 rings (SSSR count). The van der Waals surface area contributed by atoms with E-state index in [1.165, 1.54) is 11.1 Å². The molecule has 0 saturated heterocycles. The Hall–Kier alpha value is -2.73. The number of aromatic nitrogens is 3. The molecule has 1 fully saturated rings. The van der Waals surface area contributed by atoms with Gasteiger partial charge >= 0.3 is 0 Å². The van der Waals surface area contributed by atoms with Crippen molar-refractivity contribution in [2.75, 3.05) is 13.1 Å². The number of carbonyl (C=O) groups excluding carboxylic acids is 1. The van der Waals surface area contributed by atoms with Crippen molar-refractivity contribution in [1.29, 1.82) is 0 Å². The van der Waals surface area contributed by atoms with Crippen molar-refractivity contribution in [2.45, 2.75) is 25.2 Å². The van der Waals surface area contributed by atoms with Gasteiger partial charge in [0.2, 0.25) is 0 Å². The Bertz CT molecular complexity index is 1070. The summed E-state index contributed by atoms with van der Waals surface area (Å²) in [6.07, 6.45) is 5.19. The lowest BCUT2D eigenvalue weighted by atomic mass is 9.99. The summed E-state index contributed by atoms with van der Waals surface area (Å²) in [5.41, 5.74) is 4.93. The van der Waals surface area contributed by atoms with E-state index in [-0.39, 0.29) is 5.91 Å². The minimum atomic E-state index is -0.0152. The number of nitrogens with zero attached hydrogens (tertiary/aromatic N) is 4. The monoisotopic (exact) mass is 448 g/mol. The first-order valence-electron chi connectivity index (χ1n) is 9.96. The molecule has 1 aliphatic heterocycles. The molecule has 0 bridgehead atoms. The Morgan fingerprint density at radius 3 is 2.45 bits per heavy atom. The van der Waals surface area contributed by atoms with Gasteiger partial charge in [-0.2, -0.15) is 0 Å². The molecule has 1 saturated carbocycles. The molecule has 5 nitrogen and oxygen atoms in total. The first kappa shape index (κ1) is 18.3. The second-order valence-corrected chi connectivity index (χ2v) is 8.50. The summed E-state index contributed by atoms with van der Waals surface area (Å²) in [4.78, 5) is 15.2. The summed E-state index contributed by atoms with van der Waals surface area (Å²) in [5.74, 6) is 0.353. The van der Waals surface area contributed by atoms with E-state index in [2.05, 4.69) is 56.6 Å². The minimum Gasteiger partial charge on any atom is -0.333 e. The third-order valence-electron chi connectivity index (χ3n) is 5.58. The highest BCUT2D eigenvalue weighted by Crippen LogP contribution is 2.42. The quantitative estimate of drug-likeness (QED) is 0.573. The summed E-state index contributed by atoms with van der Waals surface area (Å²) in [6.45, 7) is 1.31. The molecule has 0 atom stereocenters. The topological polar surface area (TPSA) is 51.0 Å². The van der Waals surface area contributed by atoms with Gasteiger partial charge in [-0.15, -0.1) is 5.10 Å². The van der Waals surface area contributed by atoms with Crippen LogP contribution in [0.2, 0.25) is 0 Å². The zero-order valence-electron chi connectivity index (χ0n) is 16.0. The lowest BCUT2D eigenvalue weighted by Gasteiger charge is -2.26. The summed E-state index contributed by atoms with van der Waals surface area (Å²) in [7, 11) is 0. The smallest absolute Gasteiger partial charge is 0.276 e. The molecule has 6 heteroatoms. The van der Waals surface area contributed by atoms with E-state index in [1.807, 2.05) is 39.9 Å². The van der Waals surface area contributed by atoms with Crippen molar-refractivity contribution < 1.29 is 4.79 Å². The predicted molar refractivity (Wildman–Crippen MR) is 116 cm³/mol. The molecule has 146 valence electrons. The summed E-state index contributed by atoms with van der Waals surface area (Å²) >= 11 is 3.47. The first-order chi connectivity index (χ1) is 14.2. The zero-order chi connectivity index (χ0) is 19.8. The first-order valence-corrected chi connectivity index (χ1v) is 10.8. The zero-order valence-corrected chi connectivity index (χ0v) is 17.5. The number of rotatable bonds is 4. The molecular formula is C23H21BrN4O. The van der Waals surface area contributed by atoms with Crippen molar-refractivity contribution in [2.24, 2.45) is 0 Å². The maximum absolute atomic E-state index is 13.3. The van der Waals surface area contributed by atoms with E-state index in [1.54, 1.807) is 0 Å². The normalized spacial score (nSPS) is 16.6. The number of halogens is 1. The maximum atomic E-state index is 13.3. The molecule has 3 aromatic rings. The van der Waals surface area contributed by atoms with Crippen LogP contribution in [0.4, 0.5) is 0 Å². The molecule has 2 aromatic carbocycles. The fraction of sp³-hybridized carbons (Fsp3) is 0.261. The fourth-order valence-electron chi connectivity index (χ4n) is 3.86. The molecule has 1 aromatic heterocycles. The third-order valence-corrected chi connectivity index (χ3v) is 6.11. The van der Waals surface area contributed by atoms with E-state index in [9.17, 15) is 4.79 Å². The molecule has 0 spiro atoms. The van der Waals surface area contributed by atoms with Gasteiger partial charge in [-0.05, 0) is 54.7 Å². The van der Waals surface area contributed by atoms with Gasteiger partial charge in [0.25, 0.3) is 5.91 Å². The van der Waals surface area contributed by atoms with Gasteiger partial charge in [-0.1, -0.05) is 57.6 Å². The molecular weight excluding hydrogens is 428 g/mol. The van der Waals surface area contributed by atoms with E-state index >= 15 is 0 Å². The Morgan fingerprint density at radius 2 is 1.79 bits per heavy atom. The van der Waals surface area contributed by atoms with Crippen molar-refractivity contribution in [3.8, 4) is 5.69 Å². The highest BCUT2D eigenvalue weighted by atomic mass is 79.9. The SMILES string of the molecule is O=C(c1nnn(-c2ccc(Br)cc2)c1C1CC1)N1CC=C(c2ccccc2)CC1. The number of amides is 1. The van der Waals surface area contributed by atoms with Gasteiger partial charge in [-0.3, -0.25) is 4.79 Å². The van der Waals surface area contributed by atoms with Crippen LogP contribution in [0.15, 0.2) is 65.1 Å². The Kier molecular flexibility index (Phi) is 4.79. The van der Waals surface area contributed by atoms with Crippen molar-refractivity contribution in [1.82, 2.24) is 19.9 Å². The summed E-state index contributed by atoms with van der Waals surface area (Å²) in [5, 5.41) is 8.66. The number of hydrogen-bond acceptors (Lipinski definition) is 3. The van der Waals surface area contributed by atoms with Gasteiger partial charge in [-0.25, -0.2) is 4.68 Å². The number of benzene rings is 2. The van der Waals surface area contributed by atoms with E-state index in [4.69, 9.17) is 0 Å². The molecule has 0 radical (unpaired) electrons. The van der Waals surface area contributed by atoms with Crippen molar-refractivity contribution in [3.63, 3.8) is 0 Å². The predicted octanol–water partition coefficient (Wildman–Crippen LogP) is 4.84. The van der Waals surface area contributed by atoms with Crippen LogP contribution in [0.25, 0.3) is 11.3 Å². The van der Waals surface area contributed by atoms with Crippen LogP contribution in [-0.4, -0.2) is 38.9 Å². The lowest BCUT2D eigenvalue weighted by molar-refractivity contribution is 0.0765. The second-order valence-electron chi connectivity index (χ2n) is 7.58. The average molecular weight is 449 g/mol. The average Bonchev–Trinajstić information content (AvgIpc) is 3.52. The molecule has 2 aliphatic rings. The molecule has 1 aliphatic carbocycles. The summed E-state index contributed by atoms with van der Waals surface area (Å²) in [6, 6.07) is 18.3. The molecule has 0 unspecified atom stereocenters. The van der Waals surface area contributed by atoms with Crippen LogP contribution in [-0.2, 0) is 0 Å². The van der Waals surface area contributed by atoms with E-state index < -0.39 is 0 Å². The molecule has 29 heavy (non-hydrogen) atoms. The van der Waals surface area contributed by atoms with Gasteiger partial charge in [0.15, 0.2) is 5.69 Å². The van der Waals surface area contributed by atoms with E-state index in [0.29, 0.717) is 24.7 Å². The molecule has 1 amide bonds. The van der Waals surface area contributed by atoms with Crippen LogP contribution in [0.1, 0.15) is 46.9 Å². The molecule has 2 heterocycles. The third kappa shape index (κ3) is 3.65. The second kappa shape index (κ2) is 7.59. The van der Waals surface area contributed by atoms with Gasteiger partial charge in [0, 0.05) is 23.5 Å². The van der Waals surface area contributed by atoms with Gasteiger partial charge in [0.1, 0.15) is 0 Å². The number of hydrogen-bond donors (Lipinski definition) is 0. The van der Waals surface area contributed by atoms with Gasteiger partial charge < -0.3 is 4.90 Å². The standard InChI is InChI=1S/C23H21BrN4O/c24-19-8-10-20(11-9-19)28-22(18-6-7-18)21(25-26-28)23(29)27-14-12-17(13-15-27)16-4-2-1-3-5-16/h1-5,8-12,18H,6-7,13-15H2. The van der Waals surface area contributed by atoms with Gasteiger partial charge in [0.05, 0.1) is 11.4 Å².